The summed E-state index contributed by atoms with van der Waals surface area (Å²) in [5, 5.41) is 57.0. The fourth-order valence-electron chi connectivity index (χ4n) is 8.39. The van der Waals surface area contributed by atoms with Gasteiger partial charge >= 0.3 is 17.9 Å². The molecule has 0 fully saturated rings. The van der Waals surface area contributed by atoms with E-state index in [1.807, 2.05) is 24.3 Å². The number of carbonyl (C=O) groups excluding carboxylic acids is 12. The Hall–Kier alpha value is -9.15. The Balaban J connectivity index is 1.23. The minimum absolute atomic E-state index is 0.295. The van der Waals surface area contributed by atoms with Crippen LogP contribution in [0.5, 0.6) is 0 Å². The summed E-state index contributed by atoms with van der Waals surface area (Å²) in [6.45, 7) is 14.7. The van der Waals surface area contributed by atoms with E-state index in [9.17, 15) is 82.1 Å². The van der Waals surface area contributed by atoms with Gasteiger partial charge in [0.15, 0.2) is 0 Å². The van der Waals surface area contributed by atoms with Crippen LogP contribution in [0.25, 0.3) is 29.3 Å². The Morgan fingerprint density at radius 3 is 0.968 bits per heavy atom. The third kappa shape index (κ3) is 24.1. The van der Waals surface area contributed by atoms with Gasteiger partial charge in [0.1, 0.15) is 48.3 Å². The number of carbonyl (C=O) groups is 15. The molecule has 4 rings (SSSR count). The van der Waals surface area contributed by atoms with Gasteiger partial charge in [-0.25, -0.2) is 0 Å². The summed E-state index contributed by atoms with van der Waals surface area (Å²) in [5.41, 5.74) is 0. The lowest BCUT2D eigenvalue weighted by Crippen LogP contribution is -2.59. The van der Waals surface area contributed by atoms with Crippen molar-refractivity contribution in [1.82, 2.24) is 63.8 Å². The largest absolute Gasteiger partial charge is 0.481 e. The molecular formula is C60H80N12O18S4. The Kier molecular flexibility index (Phi) is 29.9. The molecule has 0 unspecified atom stereocenters. The van der Waals surface area contributed by atoms with Gasteiger partial charge in [0.25, 0.3) is 11.8 Å². The van der Waals surface area contributed by atoms with Crippen molar-refractivity contribution in [2.24, 2.45) is 23.7 Å². The summed E-state index contributed by atoms with van der Waals surface area (Å²) in [4.78, 5) is 196. The van der Waals surface area contributed by atoms with Gasteiger partial charge in [-0.1, -0.05) is 55.4 Å². The maximum absolute atomic E-state index is 13.5. The molecule has 0 aliphatic carbocycles. The van der Waals surface area contributed by atoms with E-state index >= 15 is 0 Å². The first-order valence-electron chi connectivity index (χ1n) is 29.7. The Morgan fingerprint density at radius 2 is 0.628 bits per heavy atom. The van der Waals surface area contributed by atoms with E-state index < -0.39 is 200 Å². The molecule has 0 spiro atoms. The number of amides is 12. The molecule has 0 bridgehead atoms. The van der Waals surface area contributed by atoms with Crippen molar-refractivity contribution in [3.05, 3.63) is 58.3 Å². The molecule has 0 aromatic carbocycles. The maximum atomic E-state index is 13.5. The van der Waals surface area contributed by atoms with Crippen molar-refractivity contribution in [3.8, 4) is 29.3 Å². The average Bonchev–Trinajstić information content (AvgIpc) is 1.66. The smallest absolute Gasteiger partial charge is 0.325 e. The standard InChI is InChI=1S/C60H80N12O18S4/c1-26(2)47(55(83)65-30(9)51(79)71-49(28(5)6)56(84)66-31(10)59(87)88)69-44(75)24-61-42(73)22-63-53(81)40-19-17-38(93-40)36-15-13-34(91-36)35-14-16-37(92-35)39-18-20-41(94-39)54(82)64-23-43(74)62-25-45(76)70-48(27(3)4)58(86)68-33(12-21-46(77)78)52(80)72-50(29(7)8)57(85)67-32(11)60(89)90/h13-20,26-33,47-50H,12,21-25H2,1-11H3,(H,61,73)(H,62,74)(H,63,81)(H,64,82)(H,65,83)(H,66,84)(H,67,85)(H,68,86)(H,69,75)(H,70,76)(H,71,79)(H,72,80)(H,77,78)(H,87,88)(H,89,90)/t30-,31-,32-,33-,47-,48-,49-,50-/m0/s1. The fourth-order valence-corrected chi connectivity index (χ4v) is 12.5. The minimum atomic E-state index is -1.49. The summed E-state index contributed by atoms with van der Waals surface area (Å²) in [5.74, 6) is -14.8. The van der Waals surface area contributed by atoms with Gasteiger partial charge in [0, 0.05) is 35.7 Å². The molecule has 12 amide bonds. The number of rotatable bonds is 36. The Labute approximate surface area is 557 Å². The predicted molar refractivity (Wildman–Crippen MR) is 349 cm³/mol. The number of carboxylic acid groups (broad SMARTS) is 3. The van der Waals surface area contributed by atoms with E-state index in [1.54, 1.807) is 79.7 Å². The number of thiophene rings is 4. The van der Waals surface area contributed by atoms with Crippen LogP contribution in [0.2, 0.25) is 0 Å². The molecule has 4 heterocycles. The molecule has 4 aromatic heterocycles. The second kappa shape index (κ2) is 36.3. The predicted octanol–water partition coefficient (Wildman–Crippen LogP) is 1.22. The zero-order chi connectivity index (χ0) is 70.4. The molecule has 4 aromatic rings. The molecule has 94 heavy (non-hydrogen) atoms. The highest BCUT2D eigenvalue weighted by atomic mass is 32.1. The van der Waals surface area contributed by atoms with Crippen molar-refractivity contribution in [2.75, 3.05) is 26.2 Å². The topological polar surface area (TPSA) is 461 Å². The van der Waals surface area contributed by atoms with Crippen LogP contribution in [0.3, 0.4) is 0 Å². The van der Waals surface area contributed by atoms with E-state index in [4.69, 9.17) is 5.11 Å². The first-order chi connectivity index (χ1) is 44.1. The zero-order valence-electron chi connectivity index (χ0n) is 53.4. The van der Waals surface area contributed by atoms with Gasteiger partial charge in [-0.05, 0) is 99.4 Å². The SMILES string of the molecule is CC(C)[C@H](NC(=O)CNC(=O)CNC(=O)c1ccc(-c2ccc(-c3ccc(-c4ccc(C(=O)NCC(=O)NCC(=O)N[C@H](C(=O)N[C@@H](CCC(=O)O)C(=O)N[C@H](C(=O)N[C@@H](C)C(=O)O)C(C)C)C(C)C)s4)s3)s2)s1)C(=O)N[C@@H](C)C(=O)N[C@H](C(=O)N[C@@H](C)C(=O)O)C(C)C. The molecule has 34 heteroatoms. The lowest BCUT2D eigenvalue weighted by molar-refractivity contribution is -0.142. The summed E-state index contributed by atoms with van der Waals surface area (Å²) in [7, 11) is 0. The third-order valence-corrected chi connectivity index (χ3v) is 18.8. The number of nitrogens with one attached hydrogen (secondary N) is 12. The lowest BCUT2D eigenvalue weighted by atomic mass is 10.0. The van der Waals surface area contributed by atoms with Crippen LogP contribution >= 0.6 is 45.3 Å². The van der Waals surface area contributed by atoms with Crippen LogP contribution in [0.4, 0.5) is 0 Å². The zero-order valence-corrected chi connectivity index (χ0v) is 56.7. The maximum Gasteiger partial charge on any atom is 0.325 e. The van der Waals surface area contributed by atoms with Crippen LogP contribution in [-0.4, -0.2) is 179 Å². The third-order valence-electron chi connectivity index (χ3n) is 13.8. The molecule has 15 N–H and O–H groups in total. The number of aliphatic carboxylic acids is 3. The highest BCUT2D eigenvalue weighted by molar-refractivity contribution is 7.29. The van der Waals surface area contributed by atoms with Crippen LogP contribution in [0.15, 0.2) is 48.5 Å². The first-order valence-corrected chi connectivity index (χ1v) is 32.9. The summed E-state index contributed by atoms with van der Waals surface area (Å²) in [6, 6.07) is 4.48. The van der Waals surface area contributed by atoms with Gasteiger partial charge < -0.3 is 79.1 Å². The summed E-state index contributed by atoms with van der Waals surface area (Å²) >= 11 is 5.34. The molecule has 0 saturated carbocycles. The highest BCUT2D eigenvalue weighted by Gasteiger charge is 2.35. The van der Waals surface area contributed by atoms with Gasteiger partial charge in [-0.15, -0.1) is 45.3 Å². The number of hydrogen-bond donors (Lipinski definition) is 15. The lowest BCUT2D eigenvalue weighted by Gasteiger charge is -2.28. The normalized spacial score (nSPS) is 13.7. The quantitative estimate of drug-likeness (QED) is 0.0304. The van der Waals surface area contributed by atoms with Crippen molar-refractivity contribution in [2.45, 2.75) is 137 Å². The number of hydrogen-bond acceptors (Lipinski definition) is 19. The Bertz CT molecular complexity index is 3440. The van der Waals surface area contributed by atoms with Crippen LogP contribution < -0.4 is 63.8 Å². The van der Waals surface area contributed by atoms with Gasteiger partial charge in [0.05, 0.1) is 35.9 Å². The molecule has 8 atom stereocenters. The monoisotopic (exact) mass is 1380 g/mol. The Morgan fingerprint density at radius 1 is 0.330 bits per heavy atom. The average molecular weight is 1390 g/mol. The van der Waals surface area contributed by atoms with Gasteiger partial charge in [0.2, 0.25) is 59.1 Å². The van der Waals surface area contributed by atoms with Crippen LogP contribution in [0, 0.1) is 23.7 Å². The van der Waals surface area contributed by atoms with Crippen molar-refractivity contribution >= 4 is 134 Å². The molecular weight excluding hydrogens is 1300 g/mol. The number of carboxylic acids is 3. The highest BCUT2D eigenvalue weighted by Crippen LogP contribution is 2.43. The fraction of sp³-hybridized carbons (Fsp3) is 0.483. The first kappa shape index (κ1) is 77.3. The molecule has 0 aliphatic rings. The van der Waals surface area contributed by atoms with E-state index in [1.165, 1.54) is 66.1 Å². The van der Waals surface area contributed by atoms with E-state index in [-0.39, 0.29) is 0 Å². The molecule has 0 saturated heterocycles. The van der Waals surface area contributed by atoms with Crippen molar-refractivity contribution < 1.29 is 87.2 Å². The van der Waals surface area contributed by atoms with E-state index in [2.05, 4.69) is 63.8 Å². The van der Waals surface area contributed by atoms with E-state index in [0.29, 0.717) is 9.75 Å². The molecule has 30 nitrogen and oxygen atoms in total. The van der Waals surface area contributed by atoms with Crippen LogP contribution in [-0.2, 0) is 62.3 Å². The van der Waals surface area contributed by atoms with Gasteiger partial charge in [-0.3, -0.25) is 71.9 Å². The van der Waals surface area contributed by atoms with E-state index in [0.717, 1.165) is 29.3 Å². The van der Waals surface area contributed by atoms with Crippen LogP contribution in [0.1, 0.15) is 108 Å². The van der Waals surface area contributed by atoms with Gasteiger partial charge in [-0.2, -0.15) is 0 Å². The molecule has 512 valence electrons. The van der Waals surface area contributed by atoms with Crippen molar-refractivity contribution in [3.63, 3.8) is 0 Å². The molecule has 0 radical (unpaired) electrons. The molecule has 0 aliphatic heterocycles. The summed E-state index contributed by atoms with van der Waals surface area (Å²) < 4.78 is 0. The van der Waals surface area contributed by atoms with Crippen molar-refractivity contribution in [1.29, 1.82) is 0 Å². The second-order valence-electron chi connectivity index (χ2n) is 23.0. The minimum Gasteiger partial charge on any atom is -0.481 e. The second-order valence-corrected chi connectivity index (χ2v) is 27.3. The summed E-state index contributed by atoms with van der Waals surface area (Å²) in [6.07, 6.45) is -0.965.